The largest absolute Gasteiger partial charge is 0.493 e. The van der Waals surface area contributed by atoms with E-state index in [2.05, 4.69) is 5.10 Å². The first-order chi connectivity index (χ1) is 21.2. The number of fused-ring (bicyclic) bond motifs is 1. The molecule has 0 aliphatic heterocycles. The maximum Gasteiger partial charge on any atom is 0.410 e. The molecule has 2 aromatic carbocycles. The summed E-state index contributed by atoms with van der Waals surface area (Å²) < 4.78 is 13.3. The van der Waals surface area contributed by atoms with Crippen molar-refractivity contribution in [1.29, 1.82) is 0 Å². The lowest BCUT2D eigenvalue weighted by Gasteiger charge is -2.24. The smallest absolute Gasteiger partial charge is 0.410 e. The molecule has 240 valence electrons. The van der Waals surface area contributed by atoms with E-state index in [-0.39, 0.29) is 17.7 Å². The van der Waals surface area contributed by atoms with Crippen LogP contribution in [0.2, 0.25) is 10.0 Å². The standard InChI is InChI=1S/C33H40Cl2N6O4/c1-9-41-21(3)22(18-36-41)19-40(8)31(42)29-25-17-23(34)11-13-26(25)37-30(38-29)24-12-14-27(20(2)28(24)35)44-16-10-15-39(7)32(43)45-33(4,5)6/h11-14,17-18H,9-10,15-16,19H2,1-8H3. The molecule has 45 heavy (non-hydrogen) atoms. The molecule has 2 amide bonds. The Morgan fingerprint density at radius 1 is 1.02 bits per heavy atom. The molecule has 12 heteroatoms. The van der Waals surface area contributed by atoms with E-state index in [0.29, 0.717) is 69.8 Å². The van der Waals surface area contributed by atoms with Crippen molar-refractivity contribution in [2.75, 3.05) is 27.2 Å². The molecule has 0 atom stereocenters. The van der Waals surface area contributed by atoms with Crippen molar-refractivity contribution in [3.63, 3.8) is 0 Å². The molecule has 2 heterocycles. The van der Waals surface area contributed by atoms with Crippen molar-refractivity contribution in [3.05, 3.63) is 69.1 Å². The highest BCUT2D eigenvalue weighted by atomic mass is 35.5. The van der Waals surface area contributed by atoms with E-state index in [9.17, 15) is 9.59 Å². The van der Waals surface area contributed by atoms with Gasteiger partial charge in [-0.1, -0.05) is 23.2 Å². The number of halogens is 2. The normalized spacial score (nSPS) is 11.5. The van der Waals surface area contributed by atoms with Crippen LogP contribution < -0.4 is 4.74 Å². The second kappa shape index (κ2) is 14.0. The Labute approximate surface area is 274 Å². The number of benzene rings is 2. The van der Waals surface area contributed by atoms with Gasteiger partial charge in [0.15, 0.2) is 5.82 Å². The molecule has 0 aliphatic rings. The summed E-state index contributed by atoms with van der Waals surface area (Å²) >= 11 is 13.2. The lowest BCUT2D eigenvalue weighted by Crippen LogP contribution is -2.35. The number of hydrogen-bond acceptors (Lipinski definition) is 7. The fourth-order valence-electron chi connectivity index (χ4n) is 4.76. The summed E-state index contributed by atoms with van der Waals surface area (Å²) in [4.78, 5) is 38.6. The monoisotopic (exact) mass is 654 g/mol. The highest BCUT2D eigenvalue weighted by Gasteiger charge is 2.23. The highest BCUT2D eigenvalue weighted by Crippen LogP contribution is 2.35. The molecule has 0 radical (unpaired) electrons. The van der Waals surface area contributed by atoms with Crippen LogP contribution >= 0.6 is 23.2 Å². The molecule has 4 aromatic rings. The van der Waals surface area contributed by atoms with Gasteiger partial charge in [0.05, 0.1) is 23.3 Å². The van der Waals surface area contributed by atoms with Gasteiger partial charge < -0.3 is 19.3 Å². The molecule has 0 bridgehead atoms. The van der Waals surface area contributed by atoms with Crippen LogP contribution in [0.5, 0.6) is 5.75 Å². The van der Waals surface area contributed by atoms with Gasteiger partial charge in [-0.2, -0.15) is 5.10 Å². The van der Waals surface area contributed by atoms with E-state index >= 15 is 0 Å². The average molecular weight is 656 g/mol. The Kier molecular flexibility index (Phi) is 10.6. The summed E-state index contributed by atoms with van der Waals surface area (Å²) in [7, 11) is 3.43. The van der Waals surface area contributed by atoms with Gasteiger partial charge in [0, 0.05) is 66.5 Å². The Hall–Kier alpha value is -3.89. The zero-order valence-corrected chi connectivity index (χ0v) is 28.6. The third-order valence-electron chi connectivity index (χ3n) is 7.30. The fourth-order valence-corrected chi connectivity index (χ4v) is 5.18. The van der Waals surface area contributed by atoms with Crippen molar-refractivity contribution < 1.29 is 19.1 Å². The lowest BCUT2D eigenvalue weighted by atomic mass is 10.1. The second-order valence-electron chi connectivity index (χ2n) is 11.9. The molecule has 0 N–H and O–H groups in total. The van der Waals surface area contributed by atoms with Gasteiger partial charge in [0.2, 0.25) is 0 Å². The number of amides is 2. The fraction of sp³-hybridized carbons (Fsp3) is 0.424. The van der Waals surface area contributed by atoms with Gasteiger partial charge in [-0.05, 0) is 78.3 Å². The summed E-state index contributed by atoms with van der Waals surface area (Å²) in [6, 6.07) is 8.79. The maximum absolute atomic E-state index is 13.8. The SMILES string of the molecule is CCn1ncc(CN(C)C(=O)c2nc(-c3ccc(OCCCN(C)C(=O)OC(C)(C)C)c(C)c3Cl)nc3ccc(Cl)cc23)c1C. The number of carbonyl (C=O) groups is 2. The average Bonchev–Trinajstić information content (AvgIpc) is 3.33. The molecule has 10 nitrogen and oxygen atoms in total. The third-order valence-corrected chi connectivity index (χ3v) is 8.02. The highest BCUT2D eigenvalue weighted by molar-refractivity contribution is 6.34. The van der Waals surface area contributed by atoms with Gasteiger partial charge >= 0.3 is 6.09 Å². The Morgan fingerprint density at radius 3 is 2.42 bits per heavy atom. The van der Waals surface area contributed by atoms with E-state index in [4.69, 9.17) is 42.6 Å². The molecule has 0 spiro atoms. The van der Waals surface area contributed by atoms with Crippen LogP contribution in [-0.2, 0) is 17.8 Å². The van der Waals surface area contributed by atoms with Gasteiger partial charge in [-0.15, -0.1) is 0 Å². The first-order valence-electron chi connectivity index (χ1n) is 14.8. The predicted octanol–water partition coefficient (Wildman–Crippen LogP) is 7.34. The molecule has 2 aromatic heterocycles. The van der Waals surface area contributed by atoms with Gasteiger partial charge in [0.1, 0.15) is 17.0 Å². The summed E-state index contributed by atoms with van der Waals surface area (Å²) in [5.74, 6) is 0.643. The topological polar surface area (TPSA) is 103 Å². The van der Waals surface area contributed by atoms with Crippen molar-refractivity contribution in [2.45, 2.75) is 66.7 Å². The van der Waals surface area contributed by atoms with Gasteiger partial charge in [-0.3, -0.25) is 9.48 Å². The molecule has 0 saturated carbocycles. The number of ether oxygens (including phenoxy) is 2. The van der Waals surface area contributed by atoms with Crippen molar-refractivity contribution >= 4 is 46.1 Å². The minimum absolute atomic E-state index is 0.226. The van der Waals surface area contributed by atoms with Crippen molar-refractivity contribution in [3.8, 4) is 17.1 Å². The van der Waals surface area contributed by atoms with Gasteiger partial charge in [0.25, 0.3) is 5.91 Å². The summed E-state index contributed by atoms with van der Waals surface area (Å²) in [6.45, 7) is 13.3. The van der Waals surface area contributed by atoms with Crippen molar-refractivity contribution in [1.82, 2.24) is 29.5 Å². The number of carbonyl (C=O) groups excluding carboxylic acids is 2. The van der Waals surface area contributed by atoms with Crippen LogP contribution in [0.4, 0.5) is 4.79 Å². The molecular weight excluding hydrogens is 615 g/mol. The quantitative estimate of drug-likeness (QED) is 0.165. The molecule has 0 aliphatic carbocycles. The van der Waals surface area contributed by atoms with E-state index in [1.54, 1.807) is 49.5 Å². The number of hydrogen-bond donors (Lipinski definition) is 0. The molecule has 4 rings (SSSR count). The molecule has 0 saturated heterocycles. The van der Waals surface area contributed by atoms with Crippen LogP contribution in [0.1, 0.15) is 61.4 Å². The second-order valence-corrected chi connectivity index (χ2v) is 12.8. The predicted molar refractivity (Wildman–Crippen MR) is 177 cm³/mol. The minimum atomic E-state index is -0.554. The third kappa shape index (κ3) is 8.04. The van der Waals surface area contributed by atoms with Crippen LogP contribution in [0.25, 0.3) is 22.3 Å². The zero-order valence-electron chi connectivity index (χ0n) is 27.1. The number of aromatic nitrogens is 4. The van der Waals surface area contributed by atoms with Crippen LogP contribution in [0, 0.1) is 13.8 Å². The lowest BCUT2D eigenvalue weighted by molar-refractivity contribution is 0.0292. The maximum atomic E-state index is 13.8. The summed E-state index contributed by atoms with van der Waals surface area (Å²) in [5, 5.41) is 5.84. The Morgan fingerprint density at radius 2 is 1.76 bits per heavy atom. The van der Waals surface area contributed by atoms with E-state index in [1.807, 2.05) is 52.3 Å². The summed E-state index contributed by atoms with van der Waals surface area (Å²) in [5.41, 5.74) is 3.48. The summed E-state index contributed by atoms with van der Waals surface area (Å²) in [6.07, 6.45) is 2.01. The van der Waals surface area contributed by atoms with Crippen LogP contribution in [0.3, 0.4) is 0 Å². The molecule has 0 unspecified atom stereocenters. The molecule has 0 fully saturated rings. The Bertz CT molecular complexity index is 1720. The van der Waals surface area contributed by atoms with Crippen molar-refractivity contribution in [2.24, 2.45) is 0 Å². The number of nitrogens with zero attached hydrogens (tertiary/aromatic N) is 6. The van der Waals surface area contributed by atoms with E-state index < -0.39 is 5.60 Å². The van der Waals surface area contributed by atoms with E-state index in [0.717, 1.165) is 17.8 Å². The number of aryl methyl sites for hydroxylation is 1. The Balaban J connectivity index is 1.56. The van der Waals surface area contributed by atoms with Gasteiger partial charge in [-0.25, -0.2) is 14.8 Å². The van der Waals surface area contributed by atoms with Crippen LogP contribution in [-0.4, -0.2) is 74.4 Å². The number of rotatable bonds is 10. The zero-order chi connectivity index (χ0) is 33.1. The first kappa shape index (κ1) is 34.0. The van der Waals surface area contributed by atoms with Crippen LogP contribution in [0.15, 0.2) is 36.5 Å². The minimum Gasteiger partial charge on any atom is -0.493 e. The van der Waals surface area contributed by atoms with E-state index in [1.165, 1.54) is 4.90 Å². The molecular formula is C33H40Cl2N6O4. The first-order valence-corrected chi connectivity index (χ1v) is 15.6.